The number of benzene rings is 2. The van der Waals surface area contributed by atoms with Crippen LogP contribution in [0, 0.1) is 11.6 Å². The van der Waals surface area contributed by atoms with Crippen molar-refractivity contribution in [2.75, 3.05) is 10.2 Å². The molecule has 0 amide bonds. The quantitative estimate of drug-likeness (QED) is 0.683. The first-order valence-electron chi connectivity index (χ1n) is 8.38. The van der Waals surface area contributed by atoms with E-state index < -0.39 is 11.6 Å². The summed E-state index contributed by atoms with van der Waals surface area (Å²) < 4.78 is 26.9. The van der Waals surface area contributed by atoms with Gasteiger partial charge in [-0.1, -0.05) is 30.3 Å². The Labute approximate surface area is 151 Å². The number of anilines is 3. The van der Waals surface area contributed by atoms with E-state index in [1.54, 1.807) is 6.20 Å². The lowest BCUT2D eigenvalue weighted by atomic mass is 10.2. The molecule has 1 N–H and O–H groups in total. The van der Waals surface area contributed by atoms with Gasteiger partial charge in [0.05, 0.1) is 5.69 Å². The van der Waals surface area contributed by atoms with E-state index in [0.29, 0.717) is 6.54 Å². The van der Waals surface area contributed by atoms with Crippen molar-refractivity contribution in [3.63, 3.8) is 0 Å². The molecule has 2 aromatic carbocycles. The number of aromatic nitrogens is 2. The van der Waals surface area contributed by atoms with Crippen molar-refractivity contribution in [3.8, 4) is 0 Å². The smallest absolute Gasteiger partial charge is 0.229 e. The van der Waals surface area contributed by atoms with Crippen molar-refractivity contribution in [1.29, 1.82) is 0 Å². The Balaban J connectivity index is 1.84. The fraction of sp³-hybridized carbons (Fsp3) is 0.200. The maximum Gasteiger partial charge on any atom is 0.229 e. The van der Waals surface area contributed by atoms with Gasteiger partial charge in [0, 0.05) is 24.8 Å². The maximum absolute atomic E-state index is 13.8. The number of hydrogen-bond acceptors (Lipinski definition) is 4. The normalized spacial score (nSPS) is 10.8. The summed E-state index contributed by atoms with van der Waals surface area (Å²) in [6, 6.07) is 15.4. The van der Waals surface area contributed by atoms with Crippen LogP contribution < -0.4 is 10.2 Å². The maximum atomic E-state index is 13.8. The fourth-order valence-corrected chi connectivity index (χ4v) is 2.59. The highest BCUT2D eigenvalue weighted by molar-refractivity contribution is 5.56. The topological polar surface area (TPSA) is 41.1 Å². The highest BCUT2D eigenvalue weighted by Crippen LogP contribution is 2.22. The summed E-state index contributed by atoms with van der Waals surface area (Å²) in [6.45, 7) is 4.86. The predicted octanol–water partition coefficient (Wildman–Crippen LogP) is 4.91. The molecule has 0 spiro atoms. The van der Waals surface area contributed by atoms with E-state index in [4.69, 9.17) is 0 Å². The zero-order chi connectivity index (χ0) is 18.5. The predicted molar refractivity (Wildman–Crippen MR) is 99.4 cm³/mol. The van der Waals surface area contributed by atoms with Crippen LogP contribution in [-0.4, -0.2) is 16.0 Å². The molecule has 0 aliphatic rings. The molecule has 0 saturated heterocycles. The van der Waals surface area contributed by atoms with Crippen molar-refractivity contribution >= 4 is 17.5 Å². The average molecular weight is 354 g/mol. The van der Waals surface area contributed by atoms with E-state index >= 15 is 0 Å². The summed E-state index contributed by atoms with van der Waals surface area (Å²) in [7, 11) is 0. The lowest BCUT2D eigenvalue weighted by Crippen LogP contribution is -2.31. The Bertz CT molecular complexity index is 869. The molecule has 0 fully saturated rings. The monoisotopic (exact) mass is 354 g/mol. The Morgan fingerprint density at radius 2 is 1.81 bits per heavy atom. The number of nitrogens with zero attached hydrogens (tertiary/aromatic N) is 3. The summed E-state index contributed by atoms with van der Waals surface area (Å²) >= 11 is 0. The molecule has 134 valence electrons. The Morgan fingerprint density at radius 3 is 2.50 bits per heavy atom. The highest BCUT2D eigenvalue weighted by Gasteiger charge is 2.14. The van der Waals surface area contributed by atoms with Crippen LogP contribution in [0.4, 0.5) is 26.2 Å². The fourth-order valence-electron chi connectivity index (χ4n) is 2.59. The molecule has 0 atom stereocenters. The summed E-state index contributed by atoms with van der Waals surface area (Å²) in [6.07, 6.45) is 1.62. The first-order chi connectivity index (χ1) is 12.5. The number of halogens is 2. The molecule has 0 saturated carbocycles. The largest absolute Gasteiger partial charge is 0.350 e. The molecule has 0 aliphatic heterocycles. The van der Waals surface area contributed by atoms with Gasteiger partial charge in [-0.25, -0.2) is 13.8 Å². The van der Waals surface area contributed by atoms with Crippen LogP contribution in [0.25, 0.3) is 0 Å². The molecule has 26 heavy (non-hydrogen) atoms. The summed E-state index contributed by atoms with van der Waals surface area (Å²) in [5, 5.41) is 2.81. The molecule has 0 unspecified atom stereocenters. The molecule has 6 heteroatoms. The van der Waals surface area contributed by atoms with Crippen LogP contribution in [0.2, 0.25) is 0 Å². The second kappa shape index (κ2) is 7.91. The van der Waals surface area contributed by atoms with Gasteiger partial charge in [0.15, 0.2) is 0 Å². The first kappa shape index (κ1) is 17.8. The molecule has 4 nitrogen and oxygen atoms in total. The van der Waals surface area contributed by atoms with Gasteiger partial charge < -0.3 is 10.2 Å². The van der Waals surface area contributed by atoms with Crippen molar-refractivity contribution in [2.45, 2.75) is 26.4 Å². The third kappa shape index (κ3) is 4.33. The van der Waals surface area contributed by atoms with Gasteiger partial charge in [0.1, 0.15) is 17.5 Å². The summed E-state index contributed by atoms with van der Waals surface area (Å²) in [5.74, 6) is -0.337. The lowest BCUT2D eigenvalue weighted by molar-refractivity contribution is 0.586. The second-order valence-electron chi connectivity index (χ2n) is 6.19. The van der Waals surface area contributed by atoms with Crippen LogP contribution in [-0.2, 0) is 6.54 Å². The van der Waals surface area contributed by atoms with E-state index in [0.717, 1.165) is 11.9 Å². The molecular weight excluding hydrogens is 334 g/mol. The van der Waals surface area contributed by atoms with Gasteiger partial charge in [0.2, 0.25) is 5.95 Å². The molecular formula is C20H20F2N4. The molecule has 0 aliphatic carbocycles. The van der Waals surface area contributed by atoms with Crippen LogP contribution >= 0.6 is 0 Å². The third-order valence-corrected chi connectivity index (χ3v) is 3.93. The first-order valence-corrected chi connectivity index (χ1v) is 8.38. The van der Waals surface area contributed by atoms with Gasteiger partial charge in [-0.05, 0) is 37.6 Å². The van der Waals surface area contributed by atoms with Crippen LogP contribution in [0.1, 0.15) is 19.4 Å². The number of nitrogens with one attached hydrogen (secondary N) is 1. The van der Waals surface area contributed by atoms with E-state index in [1.807, 2.05) is 24.3 Å². The number of hydrogen-bond donors (Lipinski definition) is 1. The lowest BCUT2D eigenvalue weighted by Gasteiger charge is -2.28. The van der Waals surface area contributed by atoms with Crippen LogP contribution in [0.5, 0.6) is 0 Å². The molecule has 1 aromatic heterocycles. The van der Waals surface area contributed by atoms with E-state index in [9.17, 15) is 8.78 Å². The van der Waals surface area contributed by atoms with E-state index in [2.05, 4.69) is 46.2 Å². The van der Waals surface area contributed by atoms with Gasteiger partial charge in [-0.15, -0.1) is 0 Å². The van der Waals surface area contributed by atoms with Gasteiger partial charge in [0.25, 0.3) is 0 Å². The zero-order valence-electron chi connectivity index (χ0n) is 14.7. The molecule has 0 radical (unpaired) electrons. The third-order valence-electron chi connectivity index (χ3n) is 3.93. The van der Waals surface area contributed by atoms with Gasteiger partial charge in [-0.3, -0.25) is 0 Å². The summed E-state index contributed by atoms with van der Waals surface area (Å²) in [5.41, 5.74) is 1.29. The minimum absolute atomic E-state index is 0.128. The minimum atomic E-state index is -0.691. The Hall–Kier alpha value is -3.02. The zero-order valence-corrected chi connectivity index (χ0v) is 14.7. The number of rotatable bonds is 6. The molecule has 3 aromatic rings. The SMILES string of the molecule is CC(C)N(Cc1ccccc1)c1ccnc(Nc2ccc(F)cc2F)n1. The minimum Gasteiger partial charge on any atom is -0.350 e. The van der Waals surface area contributed by atoms with Crippen LogP contribution in [0.3, 0.4) is 0 Å². The van der Waals surface area contributed by atoms with Crippen molar-refractivity contribution in [3.05, 3.63) is 78.0 Å². The van der Waals surface area contributed by atoms with E-state index in [1.165, 1.54) is 17.7 Å². The standard InChI is InChI=1S/C20H20F2N4/c1-14(2)26(13-15-6-4-3-5-7-15)19-10-11-23-20(25-19)24-18-9-8-16(21)12-17(18)22/h3-12,14H,13H2,1-2H3,(H,23,24,25). The molecule has 1 heterocycles. The van der Waals surface area contributed by atoms with Gasteiger partial charge in [-0.2, -0.15) is 4.98 Å². The highest BCUT2D eigenvalue weighted by atomic mass is 19.1. The van der Waals surface area contributed by atoms with Gasteiger partial charge >= 0.3 is 0 Å². The van der Waals surface area contributed by atoms with Crippen molar-refractivity contribution < 1.29 is 8.78 Å². The average Bonchev–Trinajstić information content (AvgIpc) is 2.63. The summed E-state index contributed by atoms with van der Waals surface area (Å²) in [4.78, 5) is 10.8. The Morgan fingerprint density at radius 1 is 1.04 bits per heavy atom. The van der Waals surface area contributed by atoms with E-state index in [-0.39, 0.29) is 17.7 Å². The van der Waals surface area contributed by atoms with Crippen molar-refractivity contribution in [2.24, 2.45) is 0 Å². The second-order valence-corrected chi connectivity index (χ2v) is 6.19. The van der Waals surface area contributed by atoms with Crippen LogP contribution in [0.15, 0.2) is 60.8 Å². The molecule has 3 rings (SSSR count). The molecule has 0 bridgehead atoms. The Kier molecular flexibility index (Phi) is 5.41. The van der Waals surface area contributed by atoms with Crippen molar-refractivity contribution in [1.82, 2.24) is 9.97 Å².